The normalized spacial score (nSPS) is 11.3. The fourth-order valence-corrected chi connectivity index (χ4v) is 2.31. The predicted molar refractivity (Wildman–Crippen MR) is 86.2 cm³/mol. The molecule has 0 aliphatic carbocycles. The maximum absolute atomic E-state index is 12.3. The molecule has 0 unspecified atom stereocenters. The number of halogens is 3. The first-order valence-corrected chi connectivity index (χ1v) is 7.03. The second-order valence-corrected chi connectivity index (χ2v) is 5.00. The SMILES string of the molecule is Nc1nc(N)c(-c2cccnc2)c(-c2ccc(OC(F)(F)F)cc2)n1. The Bertz CT molecular complexity index is 883. The molecule has 0 atom stereocenters. The van der Waals surface area contributed by atoms with Gasteiger partial charge in [0.2, 0.25) is 5.95 Å². The van der Waals surface area contributed by atoms with E-state index in [4.69, 9.17) is 11.5 Å². The second kappa shape index (κ2) is 6.27. The highest BCUT2D eigenvalue weighted by atomic mass is 19.4. The number of benzene rings is 1. The number of nitrogens with two attached hydrogens (primary N) is 2. The van der Waals surface area contributed by atoms with Gasteiger partial charge in [0.25, 0.3) is 0 Å². The molecule has 0 saturated carbocycles. The molecule has 3 aromatic rings. The van der Waals surface area contributed by atoms with E-state index in [-0.39, 0.29) is 17.5 Å². The molecular weight excluding hydrogens is 335 g/mol. The molecule has 0 aliphatic heterocycles. The average molecular weight is 347 g/mol. The predicted octanol–water partition coefficient (Wildman–Crippen LogP) is 3.27. The molecule has 0 fully saturated rings. The van der Waals surface area contributed by atoms with Crippen molar-refractivity contribution < 1.29 is 17.9 Å². The Morgan fingerprint density at radius 2 is 1.64 bits per heavy atom. The first kappa shape index (κ1) is 16.5. The van der Waals surface area contributed by atoms with Gasteiger partial charge in [-0.25, -0.2) is 4.98 Å². The summed E-state index contributed by atoms with van der Waals surface area (Å²) >= 11 is 0. The summed E-state index contributed by atoms with van der Waals surface area (Å²) in [5.74, 6) is -0.240. The van der Waals surface area contributed by atoms with Crippen molar-refractivity contribution in [2.45, 2.75) is 6.36 Å². The average Bonchev–Trinajstić information content (AvgIpc) is 2.54. The van der Waals surface area contributed by atoms with Gasteiger partial charge in [0.15, 0.2) is 0 Å². The highest BCUT2D eigenvalue weighted by molar-refractivity contribution is 5.87. The number of ether oxygens (including phenoxy) is 1. The quantitative estimate of drug-likeness (QED) is 0.754. The van der Waals surface area contributed by atoms with Crippen molar-refractivity contribution in [1.29, 1.82) is 0 Å². The molecule has 0 amide bonds. The minimum Gasteiger partial charge on any atom is -0.406 e. The lowest BCUT2D eigenvalue weighted by Crippen LogP contribution is -2.16. The molecule has 2 heterocycles. The van der Waals surface area contributed by atoms with E-state index in [1.54, 1.807) is 24.5 Å². The molecule has 128 valence electrons. The van der Waals surface area contributed by atoms with Crippen LogP contribution in [0.15, 0.2) is 48.8 Å². The van der Waals surface area contributed by atoms with Crippen molar-refractivity contribution in [3.63, 3.8) is 0 Å². The number of nitrogens with zero attached hydrogens (tertiary/aromatic N) is 3. The third-order valence-corrected chi connectivity index (χ3v) is 3.27. The highest BCUT2D eigenvalue weighted by Gasteiger charge is 2.31. The summed E-state index contributed by atoms with van der Waals surface area (Å²) in [6.45, 7) is 0. The highest BCUT2D eigenvalue weighted by Crippen LogP contribution is 2.35. The topological polar surface area (TPSA) is 99.9 Å². The van der Waals surface area contributed by atoms with Gasteiger partial charge < -0.3 is 16.2 Å². The van der Waals surface area contributed by atoms with Crippen molar-refractivity contribution in [2.75, 3.05) is 11.5 Å². The molecule has 2 aromatic heterocycles. The number of aromatic nitrogens is 3. The minimum absolute atomic E-state index is 0.0456. The fraction of sp³-hybridized carbons (Fsp3) is 0.0625. The number of alkyl halides is 3. The maximum atomic E-state index is 12.3. The smallest absolute Gasteiger partial charge is 0.406 e. The molecule has 9 heteroatoms. The largest absolute Gasteiger partial charge is 0.573 e. The lowest BCUT2D eigenvalue weighted by Gasteiger charge is -2.13. The Hall–Kier alpha value is -3.36. The van der Waals surface area contributed by atoms with E-state index in [0.717, 1.165) is 0 Å². The Kier molecular flexibility index (Phi) is 4.14. The van der Waals surface area contributed by atoms with Gasteiger partial charge in [-0.05, 0) is 30.3 Å². The first-order chi connectivity index (χ1) is 11.8. The lowest BCUT2D eigenvalue weighted by molar-refractivity contribution is -0.274. The fourth-order valence-electron chi connectivity index (χ4n) is 2.31. The number of hydrogen-bond acceptors (Lipinski definition) is 6. The van der Waals surface area contributed by atoms with E-state index in [0.29, 0.717) is 22.4 Å². The summed E-state index contributed by atoms with van der Waals surface area (Å²) in [6, 6.07) is 8.72. The van der Waals surface area contributed by atoms with Gasteiger partial charge in [0, 0.05) is 23.5 Å². The lowest BCUT2D eigenvalue weighted by atomic mass is 10.0. The molecule has 1 aromatic carbocycles. The Labute approximate surface area is 140 Å². The van der Waals surface area contributed by atoms with Crippen LogP contribution in [0, 0.1) is 0 Å². The first-order valence-electron chi connectivity index (χ1n) is 7.03. The number of anilines is 2. The Balaban J connectivity index is 2.08. The number of rotatable bonds is 3. The monoisotopic (exact) mass is 347 g/mol. The summed E-state index contributed by atoms with van der Waals surface area (Å²) in [4.78, 5) is 12.2. The third-order valence-electron chi connectivity index (χ3n) is 3.27. The van der Waals surface area contributed by atoms with Crippen molar-refractivity contribution in [3.8, 4) is 28.1 Å². The van der Waals surface area contributed by atoms with Gasteiger partial charge in [-0.2, -0.15) is 4.98 Å². The molecule has 0 saturated heterocycles. The van der Waals surface area contributed by atoms with Crippen LogP contribution >= 0.6 is 0 Å². The minimum atomic E-state index is -4.76. The molecule has 3 rings (SSSR count). The molecule has 6 nitrogen and oxygen atoms in total. The van der Waals surface area contributed by atoms with Crippen molar-refractivity contribution in [2.24, 2.45) is 0 Å². The number of pyridine rings is 1. The summed E-state index contributed by atoms with van der Waals surface area (Å²) in [5.41, 5.74) is 13.7. The van der Waals surface area contributed by atoms with Gasteiger partial charge in [0.1, 0.15) is 11.6 Å². The van der Waals surface area contributed by atoms with Crippen LogP contribution in [0.2, 0.25) is 0 Å². The van der Waals surface area contributed by atoms with Crippen LogP contribution in [0.1, 0.15) is 0 Å². The molecular formula is C16H12F3N5O. The van der Waals surface area contributed by atoms with Gasteiger partial charge in [0.05, 0.1) is 11.3 Å². The second-order valence-electron chi connectivity index (χ2n) is 5.00. The van der Waals surface area contributed by atoms with Gasteiger partial charge in [-0.15, -0.1) is 13.2 Å². The maximum Gasteiger partial charge on any atom is 0.573 e. The molecule has 0 bridgehead atoms. The standard InChI is InChI=1S/C16H12F3N5O/c17-16(18,19)25-11-5-3-9(4-6-11)13-12(10-2-1-7-22-8-10)14(20)24-15(21)23-13/h1-8H,(H4,20,21,23,24). The van der Waals surface area contributed by atoms with Gasteiger partial charge in [-0.3, -0.25) is 4.98 Å². The number of nitrogen functional groups attached to an aromatic ring is 2. The molecule has 25 heavy (non-hydrogen) atoms. The zero-order chi connectivity index (χ0) is 18.0. The summed E-state index contributed by atoms with van der Waals surface area (Å²) in [5, 5.41) is 0. The van der Waals surface area contributed by atoms with Crippen LogP contribution in [0.3, 0.4) is 0 Å². The molecule has 0 aliphatic rings. The van der Waals surface area contributed by atoms with E-state index >= 15 is 0 Å². The van der Waals surface area contributed by atoms with Crippen LogP contribution in [0.4, 0.5) is 24.9 Å². The van der Waals surface area contributed by atoms with E-state index in [1.807, 2.05) is 0 Å². The van der Waals surface area contributed by atoms with Crippen LogP contribution in [0.5, 0.6) is 5.75 Å². The zero-order valence-corrected chi connectivity index (χ0v) is 12.7. The van der Waals surface area contributed by atoms with Crippen LogP contribution < -0.4 is 16.2 Å². The Morgan fingerprint density at radius 3 is 2.24 bits per heavy atom. The zero-order valence-electron chi connectivity index (χ0n) is 12.7. The van der Waals surface area contributed by atoms with Gasteiger partial charge in [-0.1, -0.05) is 6.07 Å². The van der Waals surface area contributed by atoms with Crippen LogP contribution in [0.25, 0.3) is 22.4 Å². The van der Waals surface area contributed by atoms with Crippen molar-refractivity contribution in [1.82, 2.24) is 15.0 Å². The van der Waals surface area contributed by atoms with Crippen LogP contribution in [-0.2, 0) is 0 Å². The summed E-state index contributed by atoms with van der Waals surface area (Å²) in [7, 11) is 0. The molecule has 4 N–H and O–H groups in total. The van der Waals surface area contributed by atoms with Crippen LogP contribution in [-0.4, -0.2) is 21.3 Å². The third kappa shape index (κ3) is 3.77. The molecule has 0 radical (unpaired) electrons. The molecule has 0 spiro atoms. The van der Waals surface area contributed by atoms with Crippen molar-refractivity contribution in [3.05, 3.63) is 48.8 Å². The van der Waals surface area contributed by atoms with E-state index in [9.17, 15) is 13.2 Å². The van der Waals surface area contributed by atoms with E-state index in [2.05, 4.69) is 19.7 Å². The summed E-state index contributed by atoms with van der Waals surface area (Å²) < 4.78 is 40.7. The summed E-state index contributed by atoms with van der Waals surface area (Å²) in [6.07, 6.45) is -1.58. The Morgan fingerprint density at radius 1 is 0.920 bits per heavy atom. The number of hydrogen-bond donors (Lipinski definition) is 2. The van der Waals surface area contributed by atoms with Gasteiger partial charge >= 0.3 is 6.36 Å². The van der Waals surface area contributed by atoms with E-state index < -0.39 is 6.36 Å². The van der Waals surface area contributed by atoms with E-state index in [1.165, 1.54) is 24.3 Å². The van der Waals surface area contributed by atoms with Crippen molar-refractivity contribution >= 4 is 11.8 Å².